The molecule has 3 aromatic rings. The number of hydrogen-bond donors (Lipinski definition) is 0. The molecule has 0 saturated heterocycles. The summed E-state index contributed by atoms with van der Waals surface area (Å²) in [4.78, 5) is 21.1. The molecule has 0 saturated carbocycles. The van der Waals surface area contributed by atoms with E-state index in [9.17, 15) is 4.79 Å². The molecular formula is C22H20N3O2+. The molecule has 3 rings (SSSR count). The minimum absolute atomic E-state index is 0.173. The number of carbonyl (C=O) groups excluding carboxylic acids is 1. The van der Waals surface area contributed by atoms with E-state index in [2.05, 4.69) is 28.5 Å². The molecule has 0 N–H and O–H groups in total. The van der Waals surface area contributed by atoms with Crippen molar-refractivity contribution >= 4 is 18.6 Å². The Hall–Kier alpha value is -3.52. The van der Waals surface area contributed by atoms with Gasteiger partial charge in [0.25, 0.3) is 0 Å². The van der Waals surface area contributed by atoms with Crippen LogP contribution < -0.4 is 0 Å². The normalized spacial score (nSPS) is 10.4. The SMILES string of the molecule is C=[N+](C(=O)c1ccc(C)c(C#Cc2cccnc2)c1)c1nc(C(C)C)co1. The average Bonchev–Trinajstić information content (AvgIpc) is 3.17. The summed E-state index contributed by atoms with van der Waals surface area (Å²) in [6.07, 6.45) is 4.95. The van der Waals surface area contributed by atoms with Crippen LogP contribution in [0.3, 0.4) is 0 Å². The molecule has 0 unspecified atom stereocenters. The highest BCUT2D eigenvalue weighted by molar-refractivity contribution is 5.90. The van der Waals surface area contributed by atoms with E-state index >= 15 is 0 Å². The van der Waals surface area contributed by atoms with Crippen LogP contribution in [0.5, 0.6) is 0 Å². The van der Waals surface area contributed by atoms with Crippen molar-refractivity contribution in [1.82, 2.24) is 9.97 Å². The first-order valence-electron chi connectivity index (χ1n) is 8.59. The topological polar surface area (TPSA) is 59.0 Å². The summed E-state index contributed by atoms with van der Waals surface area (Å²) in [5.41, 5.74) is 3.81. The Kier molecular flexibility index (Phi) is 5.28. The summed E-state index contributed by atoms with van der Waals surface area (Å²) in [5.74, 6) is 6.06. The first-order valence-corrected chi connectivity index (χ1v) is 8.59. The summed E-state index contributed by atoms with van der Waals surface area (Å²) in [7, 11) is 0. The maximum atomic E-state index is 12.8. The lowest BCUT2D eigenvalue weighted by atomic mass is 10.0. The predicted octanol–water partition coefficient (Wildman–Crippen LogP) is 4.09. The number of carbonyl (C=O) groups is 1. The van der Waals surface area contributed by atoms with Crippen LogP contribution in [0.25, 0.3) is 0 Å². The minimum Gasteiger partial charge on any atom is -0.392 e. The second-order valence-corrected chi connectivity index (χ2v) is 6.46. The molecule has 5 nitrogen and oxygen atoms in total. The number of nitrogens with zero attached hydrogens (tertiary/aromatic N) is 3. The number of aromatic nitrogens is 2. The van der Waals surface area contributed by atoms with E-state index in [0.29, 0.717) is 5.56 Å². The Balaban J connectivity index is 1.87. The van der Waals surface area contributed by atoms with Crippen molar-refractivity contribution in [1.29, 1.82) is 0 Å². The van der Waals surface area contributed by atoms with E-state index in [-0.39, 0.29) is 17.8 Å². The third-order valence-electron chi connectivity index (χ3n) is 4.06. The maximum absolute atomic E-state index is 12.8. The van der Waals surface area contributed by atoms with Gasteiger partial charge in [-0.25, -0.2) is 4.79 Å². The Morgan fingerprint density at radius 2 is 2.07 bits per heavy atom. The lowest BCUT2D eigenvalue weighted by Gasteiger charge is -2.02. The summed E-state index contributed by atoms with van der Waals surface area (Å²) < 4.78 is 6.55. The van der Waals surface area contributed by atoms with Crippen LogP contribution in [-0.2, 0) is 0 Å². The maximum Gasteiger partial charge on any atom is 0.511 e. The van der Waals surface area contributed by atoms with Crippen LogP contribution in [0.2, 0.25) is 0 Å². The van der Waals surface area contributed by atoms with Crippen LogP contribution in [0.1, 0.15) is 52.5 Å². The molecule has 0 bridgehead atoms. The fraction of sp³-hybridized carbons (Fsp3) is 0.182. The van der Waals surface area contributed by atoms with Crippen molar-refractivity contribution in [3.63, 3.8) is 0 Å². The van der Waals surface area contributed by atoms with E-state index < -0.39 is 0 Å². The first kappa shape index (κ1) is 18.3. The van der Waals surface area contributed by atoms with Gasteiger partial charge in [-0.15, -0.1) is 4.58 Å². The number of benzene rings is 1. The smallest absolute Gasteiger partial charge is 0.392 e. The number of pyridine rings is 1. The zero-order chi connectivity index (χ0) is 19.4. The fourth-order valence-corrected chi connectivity index (χ4v) is 2.37. The second-order valence-electron chi connectivity index (χ2n) is 6.46. The van der Waals surface area contributed by atoms with Gasteiger partial charge >= 0.3 is 11.9 Å². The third-order valence-corrected chi connectivity index (χ3v) is 4.06. The molecule has 0 aliphatic heterocycles. The number of oxazole rings is 1. The van der Waals surface area contributed by atoms with Gasteiger partial charge in [0.2, 0.25) is 0 Å². The van der Waals surface area contributed by atoms with Gasteiger partial charge in [0.1, 0.15) is 6.26 Å². The number of amides is 1. The van der Waals surface area contributed by atoms with E-state index in [1.54, 1.807) is 30.8 Å². The van der Waals surface area contributed by atoms with Gasteiger partial charge in [0, 0.05) is 29.4 Å². The highest BCUT2D eigenvalue weighted by atomic mass is 16.4. The van der Waals surface area contributed by atoms with E-state index in [0.717, 1.165) is 27.0 Å². The second kappa shape index (κ2) is 7.79. The number of hydrogen-bond acceptors (Lipinski definition) is 4. The molecule has 0 aliphatic carbocycles. The summed E-state index contributed by atoms with van der Waals surface area (Å²) >= 11 is 0. The molecule has 1 aromatic carbocycles. The number of rotatable bonds is 3. The molecule has 0 aliphatic rings. The molecule has 134 valence electrons. The Morgan fingerprint density at radius 1 is 1.26 bits per heavy atom. The van der Waals surface area contributed by atoms with E-state index in [4.69, 9.17) is 4.42 Å². The molecule has 2 heterocycles. The molecule has 0 spiro atoms. The molecular weight excluding hydrogens is 338 g/mol. The predicted molar refractivity (Wildman–Crippen MR) is 103 cm³/mol. The van der Waals surface area contributed by atoms with Gasteiger partial charge in [0.05, 0.1) is 12.3 Å². The molecule has 0 fully saturated rings. The quantitative estimate of drug-likeness (QED) is 0.402. The van der Waals surface area contributed by atoms with Gasteiger partial charge in [-0.3, -0.25) is 4.98 Å². The van der Waals surface area contributed by atoms with Crippen LogP contribution in [-0.4, -0.2) is 27.2 Å². The zero-order valence-corrected chi connectivity index (χ0v) is 15.6. The van der Waals surface area contributed by atoms with Crippen molar-refractivity contribution in [2.75, 3.05) is 0 Å². The van der Waals surface area contributed by atoms with Crippen molar-refractivity contribution in [2.45, 2.75) is 26.7 Å². The lowest BCUT2D eigenvalue weighted by molar-refractivity contribution is -0.347. The first-order chi connectivity index (χ1) is 13.0. The molecule has 1 amide bonds. The monoisotopic (exact) mass is 358 g/mol. The summed E-state index contributed by atoms with van der Waals surface area (Å²) in [5, 5.41) is 0. The Labute approximate surface area is 158 Å². The third kappa shape index (κ3) is 4.18. The van der Waals surface area contributed by atoms with E-state index in [1.165, 1.54) is 0 Å². The van der Waals surface area contributed by atoms with Crippen LogP contribution >= 0.6 is 0 Å². The largest absolute Gasteiger partial charge is 0.511 e. The standard InChI is InChI=1S/C22H20N3O2/c1-15(2)20-14-27-22(24-20)25(4)21(26)19-9-7-16(3)18(12-19)10-8-17-6-5-11-23-13-17/h5-7,9,11-15H,4H2,1-3H3/q+1. The molecule has 2 aromatic heterocycles. The van der Waals surface area contributed by atoms with Gasteiger partial charge in [-0.1, -0.05) is 31.8 Å². The minimum atomic E-state index is -0.309. The highest BCUT2D eigenvalue weighted by Gasteiger charge is 2.25. The molecule has 27 heavy (non-hydrogen) atoms. The van der Waals surface area contributed by atoms with Crippen molar-refractivity contribution in [2.24, 2.45) is 0 Å². The fourth-order valence-electron chi connectivity index (χ4n) is 2.37. The van der Waals surface area contributed by atoms with Crippen LogP contribution in [0, 0.1) is 18.8 Å². The van der Waals surface area contributed by atoms with Crippen LogP contribution in [0.15, 0.2) is 53.4 Å². The van der Waals surface area contributed by atoms with Crippen molar-refractivity contribution in [3.8, 4) is 11.8 Å². The molecule has 0 atom stereocenters. The zero-order valence-electron chi connectivity index (χ0n) is 15.6. The lowest BCUT2D eigenvalue weighted by Crippen LogP contribution is -2.15. The Morgan fingerprint density at radius 3 is 2.74 bits per heavy atom. The average molecular weight is 358 g/mol. The summed E-state index contributed by atoms with van der Waals surface area (Å²) in [6, 6.07) is 9.26. The van der Waals surface area contributed by atoms with Gasteiger partial charge in [-0.2, -0.15) is 0 Å². The molecule has 0 radical (unpaired) electrons. The van der Waals surface area contributed by atoms with E-state index in [1.807, 2.05) is 39.0 Å². The molecule has 5 heteroatoms. The summed E-state index contributed by atoms with van der Waals surface area (Å²) in [6.45, 7) is 9.75. The highest BCUT2D eigenvalue weighted by Crippen LogP contribution is 2.20. The van der Waals surface area contributed by atoms with Crippen molar-refractivity contribution in [3.05, 3.63) is 76.9 Å². The Bertz CT molecular complexity index is 1050. The number of aryl methyl sites for hydroxylation is 1. The van der Waals surface area contributed by atoms with Crippen molar-refractivity contribution < 1.29 is 13.8 Å². The van der Waals surface area contributed by atoms with Crippen LogP contribution in [0.4, 0.5) is 6.01 Å². The van der Waals surface area contributed by atoms with Gasteiger partial charge in [0.15, 0.2) is 5.69 Å². The van der Waals surface area contributed by atoms with Gasteiger partial charge in [-0.05, 0) is 41.7 Å². The van der Waals surface area contributed by atoms with Gasteiger partial charge < -0.3 is 4.42 Å².